The summed E-state index contributed by atoms with van der Waals surface area (Å²) in [6.45, 7) is 6.35. The van der Waals surface area contributed by atoms with Crippen LogP contribution in [-0.2, 0) is 0 Å². The molecule has 3 nitrogen and oxygen atoms in total. The topological polar surface area (TPSA) is 56.0 Å². The minimum Gasteiger partial charge on any atom is -0.396 e. The lowest BCUT2D eigenvalue weighted by Gasteiger charge is -2.25. The highest BCUT2D eigenvalue weighted by Crippen LogP contribution is 2.15. The van der Waals surface area contributed by atoms with E-state index in [0.29, 0.717) is 6.04 Å². The van der Waals surface area contributed by atoms with Gasteiger partial charge in [0.2, 0.25) is 0 Å². The lowest BCUT2D eigenvalue weighted by molar-refractivity contribution is 0.322. The van der Waals surface area contributed by atoms with Gasteiger partial charge in [-0.05, 0) is 45.8 Å². The van der Waals surface area contributed by atoms with Crippen LogP contribution >= 0.6 is 11.8 Å². The first kappa shape index (κ1) is 15.8. The van der Waals surface area contributed by atoms with Crippen molar-refractivity contribution in [3.63, 3.8) is 0 Å². The molecule has 0 aliphatic carbocycles. The summed E-state index contributed by atoms with van der Waals surface area (Å²) < 4.78 is 0. The van der Waals surface area contributed by atoms with Crippen molar-refractivity contribution in [3.8, 4) is 6.07 Å². The number of rotatable bonds is 9. The molecule has 0 aliphatic heterocycles. The van der Waals surface area contributed by atoms with Gasteiger partial charge in [-0.1, -0.05) is 0 Å². The van der Waals surface area contributed by atoms with E-state index in [1.807, 2.05) is 6.92 Å². The molecular formula is C12H24N2OS. The number of aliphatic hydroxyl groups excluding tert-OH is 1. The van der Waals surface area contributed by atoms with Crippen molar-refractivity contribution >= 4 is 11.8 Å². The van der Waals surface area contributed by atoms with E-state index in [-0.39, 0.29) is 6.61 Å². The Labute approximate surface area is 104 Å². The van der Waals surface area contributed by atoms with Crippen LogP contribution in [0.1, 0.15) is 40.0 Å². The molecule has 0 amide bonds. The molecule has 16 heavy (non-hydrogen) atoms. The molecule has 0 aliphatic rings. The molecule has 0 rings (SSSR count). The van der Waals surface area contributed by atoms with Crippen LogP contribution in [0.4, 0.5) is 0 Å². The molecule has 0 saturated carbocycles. The Bertz CT molecular complexity index is 216. The van der Waals surface area contributed by atoms with E-state index < -0.39 is 5.54 Å². The van der Waals surface area contributed by atoms with Gasteiger partial charge in [0, 0.05) is 11.8 Å². The molecule has 0 aromatic rings. The number of unbranched alkanes of at least 4 members (excludes halogenated alkanes) is 1. The molecule has 1 unspecified atom stereocenters. The molecular weight excluding hydrogens is 220 g/mol. The molecule has 0 radical (unpaired) electrons. The van der Waals surface area contributed by atoms with E-state index in [0.717, 1.165) is 30.8 Å². The van der Waals surface area contributed by atoms with Crippen molar-refractivity contribution in [2.24, 2.45) is 0 Å². The number of nitrogens with zero attached hydrogens (tertiary/aromatic N) is 1. The highest BCUT2D eigenvalue weighted by Gasteiger charge is 2.23. The molecule has 0 saturated heterocycles. The molecule has 0 fully saturated rings. The summed E-state index contributed by atoms with van der Waals surface area (Å²) in [6.07, 6.45) is 3.06. The van der Waals surface area contributed by atoms with E-state index >= 15 is 0 Å². The van der Waals surface area contributed by atoms with Crippen LogP contribution in [0.3, 0.4) is 0 Å². The van der Waals surface area contributed by atoms with Crippen LogP contribution in [0.15, 0.2) is 0 Å². The maximum atomic E-state index is 9.12. The minimum atomic E-state index is -0.393. The first-order valence-corrected chi connectivity index (χ1v) is 7.07. The standard InChI is InChI=1S/C12H24N2OS/c1-11(2)14-12(3,10-13)6-4-5-8-16-9-7-15/h11,14-15H,4-9H2,1-3H3. The van der Waals surface area contributed by atoms with E-state index in [4.69, 9.17) is 10.4 Å². The Balaban J connectivity index is 3.67. The average molecular weight is 244 g/mol. The van der Waals surface area contributed by atoms with Gasteiger partial charge < -0.3 is 5.11 Å². The fraction of sp³-hybridized carbons (Fsp3) is 0.917. The summed E-state index contributed by atoms with van der Waals surface area (Å²) in [5.74, 6) is 1.89. The number of hydrogen-bond donors (Lipinski definition) is 2. The second kappa shape index (κ2) is 8.86. The maximum absolute atomic E-state index is 9.12. The normalized spacial score (nSPS) is 14.8. The summed E-state index contributed by atoms with van der Waals surface area (Å²) in [5, 5.41) is 21.0. The van der Waals surface area contributed by atoms with Gasteiger partial charge in [-0.15, -0.1) is 0 Å². The van der Waals surface area contributed by atoms with E-state index in [9.17, 15) is 0 Å². The Hall–Kier alpha value is -0.240. The number of thioether (sulfide) groups is 1. The molecule has 4 heteroatoms. The Morgan fingerprint density at radius 1 is 1.38 bits per heavy atom. The zero-order chi connectivity index (χ0) is 12.4. The molecule has 0 aromatic heterocycles. The van der Waals surface area contributed by atoms with Crippen LogP contribution in [0.2, 0.25) is 0 Å². The predicted molar refractivity (Wildman–Crippen MR) is 70.6 cm³/mol. The number of nitriles is 1. The monoisotopic (exact) mass is 244 g/mol. The fourth-order valence-corrected chi connectivity index (χ4v) is 2.39. The van der Waals surface area contributed by atoms with E-state index in [1.54, 1.807) is 11.8 Å². The van der Waals surface area contributed by atoms with Crippen molar-refractivity contribution in [3.05, 3.63) is 0 Å². The third-order valence-electron chi connectivity index (χ3n) is 2.31. The molecule has 1 atom stereocenters. The van der Waals surface area contributed by atoms with Crippen molar-refractivity contribution in [2.45, 2.75) is 51.6 Å². The second-order valence-corrected chi connectivity index (χ2v) is 5.76. The summed E-state index contributed by atoms with van der Waals surface area (Å²) in [4.78, 5) is 0. The first-order valence-electron chi connectivity index (χ1n) is 5.91. The smallest absolute Gasteiger partial charge is 0.104 e. The zero-order valence-corrected chi connectivity index (χ0v) is 11.4. The molecule has 0 aromatic carbocycles. The van der Waals surface area contributed by atoms with Gasteiger partial charge in [0.15, 0.2) is 0 Å². The highest BCUT2D eigenvalue weighted by atomic mass is 32.2. The number of nitrogens with one attached hydrogen (secondary N) is 1. The largest absolute Gasteiger partial charge is 0.396 e. The highest BCUT2D eigenvalue weighted by molar-refractivity contribution is 7.99. The molecule has 0 heterocycles. The van der Waals surface area contributed by atoms with Crippen LogP contribution < -0.4 is 5.32 Å². The molecule has 2 N–H and O–H groups in total. The lowest BCUT2D eigenvalue weighted by Crippen LogP contribution is -2.44. The van der Waals surface area contributed by atoms with Crippen LogP contribution in [-0.4, -0.2) is 34.8 Å². The Kier molecular flexibility index (Phi) is 8.73. The SMILES string of the molecule is CC(C)NC(C)(C#N)CCCCSCCO. The van der Waals surface area contributed by atoms with Gasteiger partial charge in [-0.2, -0.15) is 17.0 Å². The van der Waals surface area contributed by atoms with Gasteiger partial charge in [0.05, 0.1) is 12.7 Å². The average Bonchev–Trinajstić information content (AvgIpc) is 2.22. The quantitative estimate of drug-likeness (QED) is 0.610. The zero-order valence-electron chi connectivity index (χ0n) is 10.6. The maximum Gasteiger partial charge on any atom is 0.104 e. The lowest BCUT2D eigenvalue weighted by atomic mass is 9.96. The van der Waals surface area contributed by atoms with Gasteiger partial charge in [0.1, 0.15) is 5.54 Å². The third kappa shape index (κ3) is 7.98. The minimum absolute atomic E-state index is 0.259. The van der Waals surface area contributed by atoms with E-state index in [2.05, 4.69) is 25.2 Å². The van der Waals surface area contributed by atoms with Crippen LogP contribution in [0.25, 0.3) is 0 Å². The molecule has 0 bridgehead atoms. The summed E-state index contributed by atoms with van der Waals surface area (Å²) in [5.41, 5.74) is -0.393. The third-order valence-corrected chi connectivity index (χ3v) is 3.35. The van der Waals surface area contributed by atoms with Gasteiger partial charge in [0.25, 0.3) is 0 Å². The summed E-state index contributed by atoms with van der Waals surface area (Å²) in [6, 6.07) is 2.70. The van der Waals surface area contributed by atoms with Gasteiger partial charge in [-0.25, -0.2) is 0 Å². The summed E-state index contributed by atoms with van der Waals surface area (Å²) in [7, 11) is 0. The van der Waals surface area contributed by atoms with Crippen molar-refractivity contribution in [1.82, 2.24) is 5.32 Å². The fourth-order valence-electron chi connectivity index (χ4n) is 1.65. The van der Waals surface area contributed by atoms with Crippen molar-refractivity contribution < 1.29 is 5.11 Å². The Morgan fingerprint density at radius 2 is 2.06 bits per heavy atom. The molecule has 0 spiro atoms. The molecule has 94 valence electrons. The van der Waals surface area contributed by atoms with Gasteiger partial charge in [-0.3, -0.25) is 5.32 Å². The number of hydrogen-bond acceptors (Lipinski definition) is 4. The van der Waals surface area contributed by atoms with Crippen LogP contribution in [0, 0.1) is 11.3 Å². The van der Waals surface area contributed by atoms with Gasteiger partial charge >= 0.3 is 0 Å². The second-order valence-electron chi connectivity index (χ2n) is 4.54. The first-order chi connectivity index (χ1) is 7.54. The van der Waals surface area contributed by atoms with E-state index in [1.165, 1.54) is 0 Å². The summed E-state index contributed by atoms with van der Waals surface area (Å²) >= 11 is 1.77. The predicted octanol–water partition coefficient (Wildman–Crippen LogP) is 2.16. The Morgan fingerprint density at radius 3 is 2.56 bits per heavy atom. The van der Waals surface area contributed by atoms with Crippen LogP contribution in [0.5, 0.6) is 0 Å². The van der Waals surface area contributed by atoms with Crippen molar-refractivity contribution in [1.29, 1.82) is 5.26 Å². The van der Waals surface area contributed by atoms with Crippen molar-refractivity contribution in [2.75, 3.05) is 18.1 Å². The number of aliphatic hydroxyl groups is 1.